The molecule has 4 heteroatoms. The maximum atomic E-state index is 12.0. The summed E-state index contributed by atoms with van der Waals surface area (Å²) >= 11 is 0. The predicted octanol–water partition coefficient (Wildman–Crippen LogP) is 0.443. The molecule has 0 aliphatic rings. The number of hydrogen-bond donors (Lipinski definition) is 1. The molecule has 0 spiro atoms. The second kappa shape index (κ2) is 3.06. The van der Waals surface area contributed by atoms with E-state index in [0.717, 1.165) is 6.20 Å². The van der Waals surface area contributed by atoms with Crippen molar-refractivity contribution in [2.45, 2.75) is 0 Å². The van der Waals surface area contributed by atoms with Crippen LogP contribution in [0.25, 0.3) is 0 Å². The van der Waals surface area contributed by atoms with E-state index >= 15 is 0 Å². The summed E-state index contributed by atoms with van der Waals surface area (Å²) in [5.74, 6) is -2.69. The zero-order chi connectivity index (χ0) is 7.44. The third-order valence-electron chi connectivity index (χ3n) is 0.576. The molecule has 0 heterocycles. The molecule has 1 N–H and O–H groups in total. The van der Waals surface area contributed by atoms with Gasteiger partial charge in [-0.2, -0.15) is 4.39 Å². The lowest BCUT2D eigenvalue weighted by Crippen LogP contribution is -2.05. The Morgan fingerprint density at radius 3 is 2.22 bits per heavy atom. The van der Waals surface area contributed by atoms with Crippen molar-refractivity contribution in [3.63, 3.8) is 0 Å². The first-order valence-corrected chi connectivity index (χ1v) is 2.31. The SMILES string of the molecule is CN(C)C=C(F)C(=O)O. The molecule has 52 valence electrons. The summed E-state index contributed by atoms with van der Waals surface area (Å²) in [5, 5.41) is 7.96. The lowest BCUT2D eigenvalue weighted by atomic mass is 10.5. The number of carboxylic acid groups (broad SMARTS) is 1. The van der Waals surface area contributed by atoms with Crippen molar-refractivity contribution in [3.8, 4) is 0 Å². The molecule has 0 fully saturated rings. The van der Waals surface area contributed by atoms with E-state index in [1.165, 1.54) is 4.90 Å². The van der Waals surface area contributed by atoms with Gasteiger partial charge in [0.15, 0.2) is 0 Å². The minimum absolute atomic E-state index is 0.891. The highest BCUT2D eigenvalue weighted by atomic mass is 19.1. The van der Waals surface area contributed by atoms with Crippen LogP contribution in [0.4, 0.5) is 4.39 Å². The minimum Gasteiger partial charge on any atom is -0.476 e. The molecule has 0 amide bonds. The Labute approximate surface area is 52.4 Å². The molecule has 0 rings (SSSR count). The van der Waals surface area contributed by atoms with Gasteiger partial charge in [0.25, 0.3) is 0 Å². The maximum Gasteiger partial charge on any atom is 0.366 e. The monoisotopic (exact) mass is 133 g/mol. The molecule has 0 saturated heterocycles. The van der Waals surface area contributed by atoms with Crippen molar-refractivity contribution < 1.29 is 14.3 Å². The number of carbonyl (C=O) groups is 1. The van der Waals surface area contributed by atoms with Gasteiger partial charge >= 0.3 is 5.97 Å². The Bertz CT molecular complexity index is 142. The third-order valence-corrected chi connectivity index (χ3v) is 0.576. The van der Waals surface area contributed by atoms with Crippen molar-refractivity contribution >= 4 is 5.97 Å². The number of aliphatic carboxylic acids is 1. The zero-order valence-corrected chi connectivity index (χ0v) is 5.26. The van der Waals surface area contributed by atoms with E-state index in [2.05, 4.69) is 0 Å². The van der Waals surface area contributed by atoms with Crippen molar-refractivity contribution in [3.05, 3.63) is 12.0 Å². The molecule has 9 heavy (non-hydrogen) atoms. The Hall–Kier alpha value is -1.06. The van der Waals surface area contributed by atoms with Crippen LogP contribution in [0.15, 0.2) is 12.0 Å². The molecule has 0 aliphatic carbocycles. The van der Waals surface area contributed by atoms with Crippen molar-refractivity contribution in [2.24, 2.45) is 0 Å². The first kappa shape index (κ1) is 7.94. The largest absolute Gasteiger partial charge is 0.476 e. The molecule has 3 nitrogen and oxygen atoms in total. The second-order valence-electron chi connectivity index (χ2n) is 1.75. The number of carboxylic acids is 1. The molecule has 0 aromatic heterocycles. The van der Waals surface area contributed by atoms with Gasteiger partial charge in [-0.05, 0) is 0 Å². The summed E-state index contributed by atoms with van der Waals surface area (Å²) in [7, 11) is 3.09. The van der Waals surface area contributed by atoms with Gasteiger partial charge in [-0.3, -0.25) is 0 Å². The van der Waals surface area contributed by atoms with Crippen LogP contribution in [0.3, 0.4) is 0 Å². The van der Waals surface area contributed by atoms with Crippen LogP contribution in [0.1, 0.15) is 0 Å². The van der Waals surface area contributed by atoms with Crippen molar-refractivity contribution in [1.29, 1.82) is 0 Å². The fourth-order valence-electron chi connectivity index (χ4n) is 0.282. The lowest BCUT2D eigenvalue weighted by molar-refractivity contribution is -0.134. The van der Waals surface area contributed by atoms with Gasteiger partial charge in [-0.1, -0.05) is 0 Å². The van der Waals surface area contributed by atoms with Crippen LogP contribution in [0, 0.1) is 0 Å². The average molecular weight is 133 g/mol. The molecular formula is C5H8FNO2. The zero-order valence-electron chi connectivity index (χ0n) is 5.26. The highest BCUT2D eigenvalue weighted by molar-refractivity contribution is 5.83. The van der Waals surface area contributed by atoms with Crippen molar-refractivity contribution in [1.82, 2.24) is 4.90 Å². The standard InChI is InChI=1S/C5H8FNO2/c1-7(2)3-4(6)5(8)9/h3H,1-2H3,(H,8,9). The van der Waals surface area contributed by atoms with E-state index in [1.807, 2.05) is 0 Å². The normalized spacial score (nSPS) is 11.2. The molecule has 0 aromatic rings. The fourth-order valence-corrected chi connectivity index (χ4v) is 0.282. The summed E-state index contributed by atoms with van der Waals surface area (Å²) < 4.78 is 12.0. The van der Waals surface area contributed by atoms with E-state index in [-0.39, 0.29) is 0 Å². The topological polar surface area (TPSA) is 40.5 Å². The number of nitrogens with zero attached hydrogens (tertiary/aromatic N) is 1. The first-order valence-electron chi connectivity index (χ1n) is 2.31. The molecule has 0 atom stereocenters. The molecular weight excluding hydrogens is 125 g/mol. The fraction of sp³-hybridized carbons (Fsp3) is 0.400. The lowest BCUT2D eigenvalue weighted by Gasteiger charge is -2.01. The quantitative estimate of drug-likeness (QED) is 0.556. The van der Waals surface area contributed by atoms with Gasteiger partial charge < -0.3 is 10.0 Å². The highest BCUT2D eigenvalue weighted by Gasteiger charge is 2.03. The smallest absolute Gasteiger partial charge is 0.366 e. The summed E-state index contributed by atoms with van der Waals surface area (Å²) in [6.07, 6.45) is 0.891. The minimum atomic E-state index is -1.54. The van der Waals surface area contributed by atoms with Gasteiger partial charge in [0.2, 0.25) is 5.83 Å². The molecule has 0 unspecified atom stereocenters. The van der Waals surface area contributed by atoms with Gasteiger partial charge in [-0.15, -0.1) is 0 Å². The van der Waals surface area contributed by atoms with Crippen LogP contribution in [0.5, 0.6) is 0 Å². The number of rotatable bonds is 2. The number of hydrogen-bond acceptors (Lipinski definition) is 2. The number of halogens is 1. The Morgan fingerprint density at radius 1 is 1.67 bits per heavy atom. The molecule has 0 aromatic carbocycles. The summed E-state index contributed by atoms with van der Waals surface area (Å²) in [4.78, 5) is 11.1. The van der Waals surface area contributed by atoms with Gasteiger partial charge in [0.05, 0.1) is 0 Å². The molecule has 0 saturated carbocycles. The third kappa shape index (κ3) is 3.52. The summed E-state index contributed by atoms with van der Waals surface area (Å²) in [6.45, 7) is 0. The summed E-state index contributed by atoms with van der Waals surface area (Å²) in [6, 6.07) is 0. The van der Waals surface area contributed by atoms with E-state index in [4.69, 9.17) is 5.11 Å². The summed E-state index contributed by atoms with van der Waals surface area (Å²) in [5.41, 5.74) is 0. The van der Waals surface area contributed by atoms with E-state index in [0.29, 0.717) is 0 Å². The second-order valence-corrected chi connectivity index (χ2v) is 1.75. The molecule has 0 radical (unpaired) electrons. The predicted molar refractivity (Wildman–Crippen MR) is 30.5 cm³/mol. The van der Waals surface area contributed by atoms with Gasteiger partial charge in [0, 0.05) is 20.3 Å². The van der Waals surface area contributed by atoms with E-state index < -0.39 is 11.8 Å². The Morgan fingerprint density at radius 2 is 2.11 bits per heavy atom. The van der Waals surface area contributed by atoms with Gasteiger partial charge in [-0.25, -0.2) is 4.79 Å². The Kier molecular flexibility index (Phi) is 2.70. The van der Waals surface area contributed by atoms with Crippen LogP contribution in [0.2, 0.25) is 0 Å². The Balaban J connectivity index is 4.00. The van der Waals surface area contributed by atoms with Crippen LogP contribution in [-0.2, 0) is 4.79 Å². The molecule has 0 aliphatic heterocycles. The van der Waals surface area contributed by atoms with E-state index in [9.17, 15) is 9.18 Å². The first-order chi connectivity index (χ1) is 4.04. The maximum absolute atomic E-state index is 12.0. The van der Waals surface area contributed by atoms with Crippen LogP contribution < -0.4 is 0 Å². The van der Waals surface area contributed by atoms with E-state index in [1.54, 1.807) is 14.1 Å². The molecule has 0 bridgehead atoms. The van der Waals surface area contributed by atoms with Gasteiger partial charge in [0.1, 0.15) is 0 Å². The highest BCUT2D eigenvalue weighted by Crippen LogP contribution is 1.95. The van der Waals surface area contributed by atoms with Crippen LogP contribution >= 0.6 is 0 Å². The van der Waals surface area contributed by atoms with Crippen molar-refractivity contribution in [2.75, 3.05) is 14.1 Å². The average Bonchev–Trinajstić information content (AvgIpc) is 1.63. The van der Waals surface area contributed by atoms with Crippen LogP contribution in [-0.4, -0.2) is 30.1 Å².